The van der Waals surface area contributed by atoms with E-state index < -0.39 is 4.92 Å². The normalized spacial score (nSPS) is 18.1. The zero-order valence-corrected chi connectivity index (χ0v) is 18.4. The van der Waals surface area contributed by atoms with Crippen LogP contribution in [0.4, 0.5) is 5.69 Å². The lowest BCUT2D eigenvalue weighted by Crippen LogP contribution is -2.54. The van der Waals surface area contributed by atoms with Gasteiger partial charge in [0, 0.05) is 35.7 Å². The van der Waals surface area contributed by atoms with Crippen molar-refractivity contribution in [3.63, 3.8) is 0 Å². The first-order valence-electron chi connectivity index (χ1n) is 9.25. The number of likely N-dealkylation sites (tertiary alicyclic amines) is 1. The summed E-state index contributed by atoms with van der Waals surface area (Å²) in [5.74, 6) is -0.185. The second-order valence-corrected chi connectivity index (χ2v) is 9.08. The van der Waals surface area contributed by atoms with Gasteiger partial charge in [0.25, 0.3) is 11.6 Å². The zero-order chi connectivity index (χ0) is 20.5. The molecule has 0 aliphatic carbocycles. The summed E-state index contributed by atoms with van der Waals surface area (Å²) in [5.41, 5.74) is 7.39. The number of nitro benzene ring substituents is 1. The van der Waals surface area contributed by atoms with E-state index in [0.29, 0.717) is 23.5 Å². The number of nitrogens with zero attached hydrogens (tertiary/aromatic N) is 2. The first kappa shape index (κ1) is 23.2. The van der Waals surface area contributed by atoms with E-state index in [4.69, 9.17) is 5.73 Å². The molecule has 0 aromatic heterocycles. The number of carbonyl (C=O) groups excluding carboxylic acids is 1. The summed E-state index contributed by atoms with van der Waals surface area (Å²) < 4.78 is 0. The van der Waals surface area contributed by atoms with Crippen LogP contribution < -0.4 is 5.73 Å². The highest BCUT2D eigenvalue weighted by Crippen LogP contribution is 2.36. The number of halogens is 1. The maximum absolute atomic E-state index is 12.9. The van der Waals surface area contributed by atoms with Crippen molar-refractivity contribution in [1.82, 2.24) is 4.90 Å². The molecule has 6 nitrogen and oxygen atoms in total. The first-order chi connectivity index (χ1) is 13.2. The minimum Gasteiger partial charge on any atom is -0.338 e. The smallest absolute Gasteiger partial charge is 0.284 e. The number of piperidine rings is 1. The number of amides is 1. The van der Waals surface area contributed by atoms with Gasteiger partial charge in [0.1, 0.15) is 0 Å². The molecule has 1 atom stereocenters. The Kier molecular flexibility index (Phi) is 7.32. The van der Waals surface area contributed by atoms with Gasteiger partial charge in [0.2, 0.25) is 0 Å². The van der Waals surface area contributed by atoms with E-state index in [0.717, 1.165) is 16.9 Å². The van der Waals surface area contributed by atoms with E-state index >= 15 is 0 Å². The predicted molar refractivity (Wildman–Crippen MR) is 118 cm³/mol. The maximum Gasteiger partial charge on any atom is 0.284 e. The molecule has 1 aliphatic rings. The van der Waals surface area contributed by atoms with Crippen LogP contribution in [0.2, 0.25) is 0 Å². The molecule has 1 heterocycles. The van der Waals surface area contributed by atoms with E-state index in [1.807, 2.05) is 45.0 Å². The van der Waals surface area contributed by atoms with Crippen molar-refractivity contribution in [2.75, 3.05) is 13.1 Å². The van der Waals surface area contributed by atoms with Crippen LogP contribution in [-0.4, -0.2) is 34.9 Å². The Balaban J connectivity index is 0.00000300. The Morgan fingerprint density at radius 1 is 1.24 bits per heavy atom. The summed E-state index contributed by atoms with van der Waals surface area (Å²) in [4.78, 5) is 27.3. The molecule has 1 aliphatic heterocycles. The average molecular weight is 436 g/mol. The van der Waals surface area contributed by atoms with Crippen molar-refractivity contribution in [1.29, 1.82) is 0 Å². The number of hydrogen-bond donors (Lipinski definition) is 1. The summed E-state index contributed by atoms with van der Waals surface area (Å²) in [6.07, 6.45) is 0.724. The van der Waals surface area contributed by atoms with Gasteiger partial charge in [-0.1, -0.05) is 43.3 Å². The van der Waals surface area contributed by atoms with Crippen LogP contribution in [0.1, 0.15) is 36.2 Å². The molecular formula is C21H26ClN3O3S. The highest BCUT2D eigenvalue weighted by molar-refractivity contribution is 7.99. The van der Waals surface area contributed by atoms with Gasteiger partial charge < -0.3 is 10.6 Å². The quantitative estimate of drug-likeness (QED) is 0.556. The third-order valence-corrected chi connectivity index (χ3v) is 6.32. The van der Waals surface area contributed by atoms with Crippen LogP contribution in [0.3, 0.4) is 0 Å². The van der Waals surface area contributed by atoms with E-state index in [2.05, 4.69) is 0 Å². The van der Waals surface area contributed by atoms with Gasteiger partial charge in [-0.05, 0) is 43.0 Å². The molecule has 8 heteroatoms. The second-order valence-electron chi connectivity index (χ2n) is 7.97. The monoisotopic (exact) mass is 435 g/mol. The van der Waals surface area contributed by atoms with Gasteiger partial charge >= 0.3 is 0 Å². The second kappa shape index (κ2) is 9.15. The molecule has 1 fully saturated rings. The lowest BCUT2D eigenvalue weighted by atomic mass is 9.79. The molecule has 0 bridgehead atoms. The summed E-state index contributed by atoms with van der Waals surface area (Å²) in [7, 11) is 0. The Morgan fingerprint density at radius 2 is 1.90 bits per heavy atom. The van der Waals surface area contributed by atoms with Crippen molar-refractivity contribution in [2.24, 2.45) is 11.1 Å². The first-order valence-corrected chi connectivity index (χ1v) is 10.1. The summed E-state index contributed by atoms with van der Waals surface area (Å²) >= 11 is 1.32. The van der Waals surface area contributed by atoms with Gasteiger partial charge in [0.05, 0.1) is 9.82 Å². The Hall–Kier alpha value is -2.09. The van der Waals surface area contributed by atoms with Gasteiger partial charge in [0.15, 0.2) is 0 Å². The van der Waals surface area contributed by atoms with Crippen LogP contribution in [0, 0.1) is 22.5 Å². The van der Waals surface area contributed by atoms with Crippen molar-refractivity contribution in [3.8, 4) is 0 Å². The molecule has 29 heavy (non-hydrogen) atoms. The van der Waals surface area contributed by atoms with Crippen LogP contribution in [0.5, 0.6) is 0 Å². The number of aryl methyl sites for hydroxylation is 1. The molecule has 2 N–H and O–H groups in total. The Morgan fingerprint density at radius 3 is 2.48 bits per heavy atom. The minimum absolute atomic E-state index is 0. The SMILES string of the molecule is Cc1ccc(Sc2ccc(C(=O)N3CCC(N)C(C)(C)C3)cc2[N+](=O)[O-])cc1.Cl. The number of carbonyl (C=O) groups is 1. The van der Waals surface area contributed by atoms with E-state index in [9.17, 15) is 14.9 Å². The molecule has 0 saturated carbocycles. The number of benzene rings is 2. The van der Waals surface area contributed by atoms with Crippen LogP contribution in [0.15, 0.2) is 52.3 Å². The molecule has 0 spiro atoms. The van der Waals surface area contributed by atoms with E-state index in [1.54, 1.807) is 17.0 Å². The summed E-state index contributed by atoms with van der Waals surface area (Å²) in [6.45, 7) is 7.19. The van der Waals surface area contributed by atoms with Gasteiger partial charge in [-0.25, -0.2) is 0 Å². The van der Waals surface area contributed by atoms with Crippen molar-refractivity contribution in [3.05, 3.63) is 63.7 Å². The van der Waals surface area contributed by atoms with E-state index in [-0.39, 0.29) is 35.5 Å². The largest absolute Gasteiger partial charge is 0.338 e. The minimum atomic E-state index is -0.427. The fraction of sp³-hybridized carbons (Fsp3) is 0.381. The maximum atomic E-state index is 12.9. The van der Waals surface area contributed by atoms with Crippen LogP contribution in [0.25, 0.3) is 0 Å². The summed E-state index contributed by atoms with van der Waals surface area (Å²) in [5, 5.41) is 11.6. The lowest BCUT2D eigenvalue weighted by Gasteiger charge is -2.42. The number of nitrogens with two attached hydrogens (primary N) is 1. The molecule has 1 unspecified atom stereocenters. The standard InChI is InChI=1S/C21H25N3O3S.ClH/c1-14-4-7-16(8-5-14)28-18-9-6-15(12-17(18)24(26)27)20(25)23-11-10-19(22)21(2,3)13-23;/h4-9,12,19H,10-11,13,22H2,1-3H3;1H. The molecule has 2 aromatic carbocycles. The van der Waals surface area contributed by atoms with Crippen LogP contribution >= 0.6 is 24.2 Å². The summed E-state index contributed by atoms with van der Waals surface area (Å²) in [6, 6.07) is 12.6. The van der Waals surface area contributed by atoms with Crippen molar-refractivity contribution < 1.29 is 9.72 Å². The zero-order valence-electron chi connectivity index (χ0n) is 16.8. The Labute approximate surface area is 181 Å². The predicted octanol–water partition coefficient (Wildman–Crippen LogP) is 4.68. The average Bonchev–Trinajstić information content (AvgIpc) is 2.65. The molecule has 3 rings (SSSR count). The highest BCUT2D eigenvalue weighted by Gasteiger charge is 2.36. The lowest BCUT2D eigenvalue weighted by molar-refractivity contribution is -0.387. The molecule has 156 valence electrons. The topological polar surface area (TPSA) is 89.5 Å². The Bertz CT molecular complexity index is 903. The number of hydrogen-bond acceptors (Lipinski definition) is 5. The third kappa shape index (κ3) is 5.29. The van der Waals surface area contributed by atoms with Gasteiger partial charge in [-0.3, -0.25) is 14.9 Å². The fourth-order valence-corrected chi connectivity index (χ4v) is 4.24. The molecule has 2 aromatic rings. The van der Waals surface area contributed by atoms with Crippen molar-refractivity contribution >= 4 is 35.8 Å². The molecule has 1 amide bonds. The van der Waals surface area contributed by atoms with Crippen LogP contribution in [-0.2, 0) is 0 Å². The van der Waals surface area contributed by atoms with Gasteiger partial charge in [-0.15, -0.1) is 12.4 Å². The van der Waals surface area contributed by atoms with E-state index in [1.165, 1.54) is 17.8 Å². The molecule has 1 saturated heterocycles. The third-order valence-electron chi connectivity index (χ3n) is 5.25. The fourth-order valence-electron chi connectivity index (χ4n) is 3.34. The molecular weight excluding hydrogens is 410 g/mol. The molecule has 0 radical (unpaired) electrons. The number of nitro groups is 1. The number of rotatable bonds is 4. The highest BCUT2D eigenvalue weighted by atomic mass is 35.5. The van der Waals surface area contributed by atoms with Crippen molar-refractivity contribution in [2.45, 2.75) is 43.0 Å². The van der Waals surface area contributed by atoms with Gasteiger partial charge in [-0.2, -0.15) is 0 Å².